The van der Waals surface area contributed by atoms with Crippen molar-refractivity contribution in [1.29, 1.82) is 0 Å². The van der Waals surface area contributed by atoms with Gasteiger partial charge in [-0.15, -0.1) is 11.3 Å². The Hall–Kier alpha value is -7.20. The third-order valence-electron chi connectivity index (χ3n) is 11.2. The Kier molecular flexibility index (Phi) is 8.04. The first-order chi connectivity index (χ1) is 28.3. The molecule has 0 spiro atoms. The maximum Gasteiger partial charge on any atom is 0.0561 e. The van der Waals surface area contributed by atoms with Crippen LogP contribution in [0.1, 0.15) is 0 Å². The quantitative estimate of drug-likeness (QED) is 0.158. The van der Waals surface area contributed by atoms with Crippen LogP contribution in [0, 0.1) is 0 Å². The van der Waals surface area contributed by atoms with Crippen LogP contribution >= 0.6 is 11.3 Å². The summed E-state index contributed by atoms with van der Waals surface area (Å²) in [6.07, 6.45) is 0. The van der Waals surface area contributed by atoms with Gasteiger partial charge in [-0.25, -0.2) is 0 Å². The zero-order chi connectivity index (χ0) is 37.7. The monoisotopic (exact) mass is 744 g/mol. The highest BCUT2D eigenvalue weighted by atomic mass is 32.1. The van der Waals surface area contributed by atoms with Gasteiger partial charge in [0, 0.05) is 53.7 Å². The molecule has 0 aliphatic carbocycles. The summed E-state index contributed by atoms with van der Waals surface area (Å²) in [5.74, 6) is 0. The van der Waals surface area contributed by atoms with Gasteiger partial charge in [0.05, 0.1) is 11.0 Å². The molecule has 9 aromatic carbocycles. The first-order valence-corrected chi connectivity index (χ1v) is 20.2. The van der Waals surface area contributed by atoms with E-state index in [1.165, 1.54) is 75.4 Å². The minimum absolute atomic E-state index is 1.09. The summed E-state index contributed by atoms with van der Waals surface area (Å²) in [6.45, 7) is 0. The SMILES string of the molecule is c1ccc(-c2ccccc2-c2ccc(N(c3cccc(-c4cccc5c4sc4ccccc45)c3)c3ccc4c5ccccc5n(-c5ccccc5)c4c3)cc2)cc1. The molecule has 11 aromatic rings. The predicted molar refractivity (Wildman–Crippen MR) is 245 cm³/mol. The van der Waals surface area contributed by atoms with E-state index in [2.05, 4.69) is 228 Å². The van der Waals surface area contributed by atoms with E-state index in [1.807, 2.05) is 11.3 Å². The van der Waals surface area contributed by atoms with Crippen LogP contribution in [0.5, 0.6) is 0 Å². The Morgan fingerprint density at radius 1 is 0.333 bits per heavy atom. The number of rotatable bonds is 7. The maximum absolute atomic E-state index is 2.41. The van der Waals surface area contributed by atoms with E-state index in [9.17, 15) is 0 Å². The van der Waals surface area contributed by atoms with Crippen molar-refractivity contribution < 1.29 is 0 Å². The summed E-state index contributed by atoms with van der Waals surface area (Å²) in [5, 5.41) is 5.10. The van der Waals surface area contributed by atoms with Crippen molar-refractivity contribution in [3.8, 4) is 39.1 Å². The molecular formula is C54H36N2S. The third kappa shape index (κ3) is 5.71. The number of para-hydroxylation sites is 2. The van der Waals surface area contributed by atoms with Crippen LogP contribution < -0.4 is 4.90 Å². The fraction of sp³-hybridized carbons (Fsp3) is 0. The minimum atomic E-state index is 1.09. The molecule has 0 aliphatic rings. The van der Waals surface area contributed by atoms with Crippen molar-refractivity contribution in [2.45, 2.75) is 0 Å². The summed E-state index contributed by atoms with van der Waals surface area (Å²) in [6, 6.07) is 79.3. The fourth-order valence-corrected chi connectivity index (χ4v) is 9.82. The molecule has 268 valence electrons. The fourth-order valence-electron chi connectivity index (χ4n) is 8.58. The summed E-state index contributed by atoms with van der Waals surface area (Å²) < 4.78 is 5.03. The molecule has 0 unspecified atom stereocenters. The molecule has 0 saturated heterocycles. The van der Waals surface area contributed by atoms with Crippen LogP contribution in [-0.4, -0.2) is 4.57 Å². The van der Waals surface area contributed by atoms with E-state index in [0.29, 0.717) is 0 Å². The molecule has 0 N–H and O–H groups in total. The van der Waals surface area contributed by atoms with Crippen molar-refractivity contribution in [2.24, 2.45) is 0 Å². The Labute approximate surface area is 335 Å². The second-order valence-electron chi connectivity index (χ2n) is 14.5. The number of hydrogen-bond donors (Lipinski definition) is 0. The van der Waals surface area contributed by atoms with Crippen LogP contribution in [-0.2, 0) is 0 Å². The summed E-state index contributed by atoms with van der Waals surface area (Å²) in [7, 11) is 0. The lowest BCUT2D eigenvalue weighted by atomic mass is 9.94. The van der Waals surface area contributed by atoms with Gasteiger partial charge in [-0.05, 0) is 94.0 Å². The largest absolute Gasteiger partial charge is 0.310 e. The topological polar surface area (TPSA) is 8.17 Å². The predicted octanol–water partition coefficient (Wildman–Crippen LogP) is 15.6. The molecule has 3 heteroatoms. The summed E-state index contributed by atoms with van der Waals surface area (Å²) in [5.41, 5.74) is 14.1. The molecule has 2 heterocycles. The number of hydrogen-bond acceptors (Lipinski definition) is 2. The van der Waals surface area contributed by atoms with E-state index in [-0.39, 0.29) is 0 Å². The van der Waals surface area contributed by atoms with Crippen molar-refractivity contribution in [2.75, 3.05) is 4.90 Å². The lowest BCUT2D eigenvalue weighted by molar-refractivity contribution is 1.18. The number of anilines is 3. The standard InChI is InChI=1S/C54H36N2S/c1-3-15-37(16-4-1)44-21-7-8-22-45(44)38-29-31-41(32-30-38)55(42-20-13-17-39(35-42)46-25-14-26-50-49-24-10-12-28-53(49)57-54(46)50)43-33-34-48-47-23-9-11-27-51(47)56(52(48)36-43)40-18-5-2-6-19-40/h1-36H. The van der Waals surface area contributed by atoms with E-state index in [4.69, 9.17) is 0 Å². The number of aromatic nitrogens is 1. The Morgan fingerprint density at radius 2 is 0.895 bits per heavy atom. The van der Waals surface area contributed by atoms with Crippen LogP contribution in [0.25, 0.3) is 81.0 Å². The number of nitrogens with zero attached hydrogens (tertiary/aromatic N) is 2. The number of benzene rings is 9. The van der Waals surface area contributed by atoms with Gasteiger partial charge in [0.25, 0.3) is 0 Å². The van der Waals surface area contributed by atoms with E-state index in [0.717, 1.165) is 22.7 Å². The second kappa shape index (κ2) is 13.8. The van der Waals surface area contributed by atoms with Crippen molar-refractivity contribution in [1.82, 2.24) is 4.57 Å². The molecule has 0 bridgehead atoms. The highest BCUT2D eigenvalue weighted by Gasteiger charge is 2.19. The van der Waals surface area contributed by atoms with E-state index >= 15 is 0 Å². The van der Waals surface area contributed by atoms with Gasteiger partial charge >= 0.3 is 0 Å². The molecular weight excluding hydrogens is 709 g/mol. The average molecular weight is 745 g/mol. The Morgan fingerprint density at radius 3 is 1.70 bits per heavy atom. The van der Waals surface area contributed by atoms with Gasteiger partial charge < -0.3 is 9.47 Å². The van der Waals surface area contributed by atoms with Gasteiger partial charge in [-0.2, -0.15) is 0 Å². The van der Waals surface area contributed by atoms with Crippen LogP contribution in [0.4, 0.5) is 17.1 Å². The molecule has 0 saturated carbocycles. The molecule has 0 atom stereocenters. The smallest absolute Gasteiger partial charge is 0.0561 e. The lowest BCUT2D eigenvalue weighted by Crippen LogP contribution is -2.10. The highest BCUT2D eigenvalue weighted by Crippen LogP contribution is 2.44. The second-order valence-corrected chi connectivity index (χ2v) is 15.6. The molecule has 57 heavy (non-hydrogen) atoms. The molecule has 0 radical (unpaired) electrons. The normalized spacial score (nSPS) is 11.5. The van der Waals surface area contributed by atoms with Gasteiger partial charge in [-0.1, -0.05) is 158 Å². The molecule has 0 fully saturated rings. The highest BCUT2D eigenvalue weighted by molar-refractivity contribution is 7.26. The Balaban J connectivity index is 1.10. The lowest BCUT2D eigenvalue weighted by Gasteiger charge is -2.27. The Bertz CT molecular complexity index is 3230. The molecule has 2 aromatic heterocycles. The molecule has 0 amide bonds. The van der Waals surface area contributed by atoms with Crippen LogP contribution in [0.2, 0.25) is 0 Å². The molecule has 2 nitrogen and oxygen atoms in total. The summed E-state index contributed by atoms with van der Waals surface area (Å²) >= 11 is 1.88. The zero-order valence-electron chi connectivity index (χ0n) is 31.1. The first kappa shape index (κ1) is 33.2. The third-order valence-corrected chi connectivity index (χ3v) is 12.4. The van der Waals surface area contributed by atoms with Gasteiger partial charge in [0.1, 0.15) is 0 Å². The number of thiophene rings is 1. The molecule has 0 aliphatic heterocycles. The average Bonchev–Trinajstić information content (AvgIpc) is 3.83. The van der Waals surface area contributed by atoms with Gasteiger partial charge in [0.15, 0.2) is 0 Å². The first-order valence-electron chi connectivity index (χ1n) is 19.4. The zero-order valence-corrected chi connectivity index (χ0v) is 31.9. The van der Waals surface area contributed by atoms with Gasteiger partial charge in [0.2, 0.25) is 0 Å². The van der Waals surface area contributed by atoms with E-state index in [1.54, 1.807) is 0 Å². The van der Waals surface area contributed by atoms with Crippen LogP contribution in [0.15, 0.2) is 218 Å². The maximum atomic E-state index is 2.41. The molecule has 11 rings (SSSR count). The summed E-state index contributed by atoms with van der Waals surface area (Å²) in [4.78, 5) is 2.41. The van der Waals surface area contributed by atoms with Crippen molar-refractivity contribution in [3.63, 3.8) is 0 Å². The minimum Gasteiger partial charge on any atom is -0.310 e. The van der Waals surface area contributed by atoms with Crippen molar-refractivity contribution >= 4 is 70.4 Å². The van der Waals surface area contributed by atoms with Crippen LogP contribution in [0.3, 0.4) is 0 Å². The number of fused-ring (bicyclic) bond motifs is 6. The van der Waals surface area contributed by atoms with Crippen molar-refractivity contribution in [3.05, 3.63) is 218 Å². The van der Waals surface area contributed by atoms with E-state index < -0.39 is 0 Å². The van der Waals surface area contributed by atoms with Gasteiger partial charge in [-0.3, -0.25) is 0 Å².